The van der Waals surface area contributed by atoms with Gasteiger partial charge in [-0.3, -0.25) is 39.3 Å². The van der Waals surface area contributed by atoms with Crippen LogP contribution in [0.1, 0.15) is 74.1 Å². The van der Waals surface area contributed by atoms with Gasteiger partial charge >= 0.3 is 17.7 Å². The summed E-state index contributed by atoms with van der Waals surface area (Å²) in [7, 11) is 5.06. The third kappa shape index (κ3) is 7.60. The van der Waals surface area contributed by atoms with Gasteiger partial charge in [0, 0.05) is 94.9 Å². The highest BCUT2D eigenvalue weighted by Gasteiger charge is 2.36. The van der Waals surface area contributed by atoms with E-state index >= 15 is 0 Å². The van der Waals surface area contributed by atoms with E-state index in [0.717, 1.165) is 102 Å². The quantitative estimate of drug-likeness (QED) is 0.177. The summed E-state index contributed by atoms with van der Waals surface area (Å²) in [6, 6.07) is 19.0. The number of piperidine rings is 1. The number of ether oxygens (including phenoxy) is 1. The van der Waals surface area contributed by atoms with Gasteiger partial charge in [-0.15, -0.1) is 5.10 Å². The Kier molecular flexibility index (Phi) is 11.2. The normalized spacial score (nSPS) is 20.8. The van der Waals surface area contributed by atoms with Gasteiger partial charge in [0.2, 0.25) is 11.8 Å². The Bertz CT molecular complexity index is 2850. The molecule has 10 rings (SSSR count). The maximum Gasteiger partial charge on any atom is 0.353 e. The molecule has 1 atom stereocenters. The van der Waals surface area contributed by atoms with Crippen molar-refractivity contribution in [1.82, 2.24) is 44.3 Å². The third-order valence-corrected chi connectivity index (χ3v) is 14.0. The summed E-state index contributed by atoms with van der Waals surface area (Å²) in [5.41, 5.74) is 8.29. The van der Waals surface area contributed by atoms with Crippen LogP contribution in [0.5, 0.6) is 6.01 Å². The summed E-state index contributed by atoms with van der Waals surface area (Å²) >= 11 is 0. The van der Waals surface area contributed by atoms with Crippen LogP contribution in [0.4, 0.5) is 22.0 Å². The monoisotopic (exact) mass is 878 g/mol. The number of rotatable bonds is 10. The predicted molar refractivity (Wildman–Crippen MR) is 247 cm³/mol. The Hall–Kier alpha value is -6.88. The van der Waals surface area contributed by atoms with E-state index in [1.165, 1.54) is 16.4 Å². The number of benzene rings is 2. The molecule has 4 amide bonds. The first-order valence-electron chi connectivity index (χ1n) is 22.7. The van der Waals surface area contributed by atoms with Crippen molar-refractivity contribution in [2.75, 3.05) is 61.1 Å². The van der Waals surface area contributed by atoms with Crippen molar-refractivity contribution in [3.8, 4) is 22.8 Å². The molecule has 7 heterocycles. The number of methoxy groups -OCH3 is 1. The van der Waals surface area contributed by atoms with Gasteiger partial charge < -0.3 is 9.64 Å². The Morgan fingerprint density at radius 1 is 0.769 bits per heavy atom. The first-order chi connectivity index (χ1) is 31.6. The Balaban J connectivity index is 0.881. The standard InChI is InChI=1S/C48H54N12O5/c1-5-35-37(18-20-50-44(35)59-26-25-58(48(59)64)34-7-6-19-49-29-34)36-14-13-33(60-46(65-4)53-55(3)47(60)63)27-40(36)30-8-10-31(11-9-30)56-21-23-57(24-22-56)32-12-15-38-41(28-32)54(2)52-43(38)39-16-17-42(61)51-45(39)62/h6-7,12-15,18-20,27-31,39H,5,8-11,16-17,21-26H2,1-4H3,(H,51,61,62). The molecule has 336 valence electrons. The summed E-state index contributed by atoms with van der Waals surface area (Å²) in [6.45, 7) is 6.88. The number of anilines is 3. The molecule has 1 unspecified atom stereocenters. The van der Waals surface area contributed by atoms with Crippen molar-refractivity contribution < 1.29 is 19.1 Å². The number of aromatic nitrogens is 7. The van der Waals surface area contributed by atoms with Crippen LogP contribution < -0.4 is 30.4 Å². The average Bonchev–Trinajstić information content (AvgIpc) is 3.99. The van der Waals surface area contributed by atoms with E-state index in [0.29, 0.717) is 49.9 Å². The minimum absolute atomic E-state index is 0.120. The van der Waals surface area contributed by atoms with Crippen molar-refractivity contribution >= 4 is 45.9 Å². The number of imide groups is 1. The van der Waals surface area contributed by atoms with Crippen LogP contribution >= 0.6 is 0 Å². The number of hydrogen-bond acceptors (Lipinski definition) is 11. The van der Waals surface area contributed by atoms with E-state index in [2.05, 4.69) is 68.5 Å². The fourth-order valence-electron chi connectivity index (χ4n) is 10.6. The number of nitrogens with one attached hydrogen (secondary N) is 1. The second kappa shape index (κ2) is 17.3. The van der Waals surface area contributed by atoms with Crippen LogP contribution in [0.25, 0.3) is 27.7 Å². The van der Waals surface area contributed by atoms with Crippen molar-refractivity contribution in [2.45, 2.75) is 69.7 Å². The van der Waals surface area contributed by atoms with E-state index in [4.69, 9.17) is 14.8 Å². The zero-order chi connectivity index (χ0) is 44.9. The third-order valence-electron chi connectivity index (χ3n) is 14.0. The van der Waals surface area contributed by atoms with Crippen molar-refractivity contribution in [3.63, 3.8) is 0 Å². The molecule has 65 heavy (non-hydrogen) atoms. The molecule has 3 saturated heterocycles. The maximum absolute atomic E-state index is 13.9. The second-order valence-electron chi connectivity index (χ2n) is 17.6. The van der Waals surface area contributed by atoms with Crippen LogP contribution in [-0.4, -0.2) is 109 Å². The molecule has 0 radical (unpaired) electrons. The highest BCUT2D eigenvalue weighted by atomic mass is 16.5. The number of fused-ring (bicyclic) bond motifs is 1. The molecule has 1 saturated carbocycles. The van der Waals surface area contributed by atoms with Gasteiger partial charge in [-0.1, -0.05) is 13.0 Å². The van der Waals surface area contributed by atoms with Crippen LogP contribution in [0.15, 0.2) is 78.0 Å². The highest BCUT2D eigenvalue weighted by Crippen LogP contribution is 2.43. The molecular formula is C48H54N12O5. The summed E-state index contributed by atoms with van der Waals surface area (Å²) in [6.07, 6.45) is 10.7. The molecule has 2 aromatic carbocycles. The molecule has 17 heteroatoms. The Morgan fingerprint density at radius 2 is 1.55 bits per heavy atom. The summed E-state index contributed by atoms with van der Waals surface area (Å²) in [5, 5.41) is 12.5. The lowest BCUT2D eigenvalue weighted by Crippen LogP contribution is -2.51. The Morgan fingerprint density at radius 3 is 2.29 bits per heavy atom. The van der Waals surface area contributed by atoms with Crippen molar-refractivity contribution in [3.05, 3.63) is 100 Å². The lowest BCUT2D eigenvalue weighted by Gasteiger charge is -2.43. The summed E-state index contributed by atoms with van der Waals surface area (Å²) in [4.78, 5) is 69.5. The molecular weight excluding hydrogens is 825 g/mol. The van der Waals surface area contributed by atoms with Gasteiger partial charge in [0.25, 0.3) is 0 Å². The van der Waals surface area contributed by atoms with Gasteiger partial charge in [0.1, 0.15) is 5.82 Å². The van der Waals surface area contributed by atoms with Gasteiger partial charge in [-0.05, 0) is 110 Å². The molecule has 1 N–H and O–H groups in total. The number of carbonyl (C=O) groups excluding carboxylic acids is 3. The molecule has 4 aromatic heterocycles. The molecule has 4 fully saturated rings. The molecule has 17 nitrogen and oxygen atoms in total. The molecule has 4 aliphatic rings. The van der Waals surface area contributed by atoms with Gasteiger partial charge in [-0.25, -0.2) is 23.8 Å². The lowest BCUT2D eigenvalue weighted by atomic mass is 9.78. The fraction of sp³-hybridized carbons (Fsp3) is 0.417. The topological polar surface area (TPSA) is 169 Å². The van der Waals surface area contributed by atoms with E-state index in [9.17, 15) is 19.2 Å². The number of amides is 4. The van der Waals surface area contributed by atoms with Crippen LogP contribution in [0.2, 0.25) is 0 Å². The summed E-state index contributed by atoms with van der Waals surface area (Å²) < 4.78 is 10.2. The smallest absolute Gasteiger partial charge is 0.353 e. The number of urea groups is 1. The number of nitrogens with zero attached hydrogens (tertiary/aromatic N) is 11. The summed E-state index contributed by atoms with van der Waals surface area (Å²) in [5.74, 6) is -0.0314. The first kappa shape index (κ1) is 42.1. The number of piperazine rings is 1. The minimum Gasteiger partial charge on any atom is -0.467 e. The van der Waals surface area contributed by atoms with Gasteiger partial charge in [0.15, 0.2) is 0 Å². The van der Waals surface area contributed by atoms with E-state index < -0.39 is 5.92 Å². The first-order valence-corrected chi connectivity index (χ1v) is 22.7. The largest absolute Gasteiger partial charge is 0.467 e. The molecule has 6 aromatic rings. The Labute approximate surface area is 376 Å². The predicted octanol–water partition coefficient (Wildman–Crippen LogP) is 5.30. The molecule has 3 aliphatic heterocycles. The van der Waals surface area contributed by atoms with Crippen LogP contribution in [0.3, 0.4) is 0 Å². The average molecular weight is 879 g/mol. The zero-order valence-corrected chi connectivity index (χ0v) is 37.3. The van der Waals surface area contributed by atoms with E-state index in [1.54, 1.807) is 35.4 Å². The zero-order valence-electron chi connectivity index (χ0n) is 37.3. The number of pyridine rings is 2. The minimum atomic E-state index is -0.430. The van der Waals surface area contributed by atoms with Crippen LogP contribution in [0, 0.1) is 0 Å². The highest BCUT2D eigenvalue weighted by molar-refractivity contribution is 6.06. The number of aryl methyl sites for hydroxylation is 2. The van der Waals surface area contributed by atoms with E-state index in [-0.39, 0.29) is 35.5 Å². The fourth-order valence-corrected chi connectivity index (χ4v) is 10.6. The molecule has 0 bridgehead atoms. The number of carbonyl (C=O) groups is 3. The maximum atomic E-state index is 13.9. The molecule has 0 spiro atoms. The van der Waals surface area contributed by atoms with Crippen molar-refractivity contribution in [1.29, 1.82) is 0 Å². The van der Waals surface area contributed by atoms with Gasteiger partial charge in [0.05, 0.1) is 41.8 Å². The SMILES string of the molecule is CCc1c(-c2ccc(-n3c(OC)nn(C)c3=O)cc2C2CCC(N3CCN(c4ccc5c(C6CCC(=O)NC6=O)nn(C)c5c4)CC3)CC2)ccnc1N1CCN(c2cccnc2)C1=O. The second-order valence-corrected chi connectivity index (χ2v) is 17.6. The van der Waals surface area contributed by atoms with Gasteiger partial charge in [-0.2, -0.15) is 5.10 Å². The van der Waals surface area contributed by atoms with Crippen molar-refractivity contribution in [2.24, 2.45) is 14.1 Å². The number of hydrogen-bond donors (Lipinski definition) is 1. The van der Waals surface area contributed by atoms with E-state index in [1.807, 2.05) is 29.9 Å². The van der Waals surface area contributed by atoms with Crippen LogP contribution in [-0.2, 0) is 30.1 Å². The molecule has 1 aliphatic carbocycles. The lowest BCUT2D eigenvalue weighted by molar-refractivity contribution is -0.134.